The Hall–Kier alpha value is -1.62. The van der Waals surface area contributed by atoms with Gasteiger partial charge in [0.25, 0.3) is 5.91 Å². The SMILES string of the molecule is CN(CC(=O)N1CCCC1)C(=O)c1cc(Cl)ccc1F. The van der Waals surface area contributed by atoms with E-state index in [9.17, 15) is 14.0 Å². The Kier molecular flexibility index (Phi) is 4.60. The minimum absolute atomic E-state index is 0.0508. The van der Waals surface area contributed by atoms with Crippen molar-refractivity contribution in [3.05, 3.63) is 34.6 Å². The number of benzene rings is 1. The Morgan fingerprint density at radius 1 is 1.35 bits per heavy atom. The van der Waals surface area contributed by atoms with E-state index >= 15 is 0 Å². The zero-order valence-electron chi connectivity index (χ0n) is 11.2. The fourth-order valence-electron chi connectivity index (χ4n) is 2.21. The molecule has 1 aliphatic rings. The lowest BCUT2D eigenvalue weighted by molar-refractivity contribution is -0.130. The minimum atomic E-state index is -0.639. The van der Waals surface area contributed by atoms with E-state index in [-0.39, 0.29) is 23.0 Å². The zero-order valence-corrected chi connectivity index (χ0v) is 12.0. The van der Waals surface area contributed by atoms with Gasteiger partial charge in [0.2, 0.25) is 5.91 Å². The van der Waals surface area contributed by atoms with Gasteiger partial charge in [-0.3, -0.25) is 9.59 Å². The van der Waals surface area contributed by atoms with Crippen molar-refractivity contribution in [2.75, 3.05) is 26.7 Å². The third-order valence-corrected chi connectivity index (χ3v) is 3.57. The summed E-state index contributed by atoms with van der Waals surface area (Å²) in [6.45, 7) is 1.41. The van der Waals surface area contributed by atoms with Gasteiger partial charge in [-0.25, -0.2) is 4.39 Å². The van der Waals surface area contributed by atoms with Gasteiger partial charge >= 0.3 is 0 Å². The molecule has 108 valence electrons. The molecule has 0 N–H and O–H groups in total. The van der Waals surface area contributed by atoms with E-state index in [0.29, 0.717) is 0 Å². The number of amides is 2. The summed E-state index contributed by atoms with van der Waals surface area (Å²) in [6, 6.07) is 3.80. The largest absolute Gasteiger partial charge is 0.341 e. The van der Waals surface area contributed by atoms with Crippen LogP contribution in [0.15, 0.2) is 18.2 Å². The lowest BCUT2D eigenvalue weighted by atomic mass is 10.2. The quantitative estimate of drug-likeness (QED) is 0.858. The third-order valence-electron chi connectivity index (χ3n) is 3.34. The fraction of sp³-hybridized carbons (Fsp3) is 0.429. The van der Waals surface area contributed by atoms with Gasteiger partial charge in [0.1, 0.15) is 5.82 Å². The maximum Gasteiger partial charge on any atom is 0.257 e. The number of hydrogen-bond acceptors (Lipinski definition) is 2. The molecule has 0 aliphatic carbocycles. The van der Waals surface area contributed by atoms with E-state index in [1.807, 2.05) is 0 Å². The Balaban J connectivity index is 2.04. The molecule has 4 nitrogen and oxygen atoms in total. The average Bonchev–Trinajstić information content (AvgIpc) is 2.94. The summed E-state index contributed by atoms with van der Waals surface area (Å²) >= 11 is 5.76. The minimum Gasteiger partial charge on any atom is -0.341 e. The molecular formula is C14H16ClFN2O2. The number of nitrogens with zero attached hydrogens (tertiary/aromatic N) is 2. The average molecular weight is 299 g/mol. The normalized spacial score (nSPS) is 14.4. The van der Waals surface area contributed by atoms with Crippen molar-refractivity contribution in [1.82, 2.24) is 9.80 Å². The number of likely N-dealkylation sites (N-methyl/N-ethyl adjacent to an activating group) is 1. The van der Waals surface area contributed by atoms with Gasteiger partial charge < -0.3 is 9.80 Å². The smallest absolute Gasteiger partial charge is 0.257 e. The lowest BCUT2D eigenvalue weighted by Crippen LogP contribution is -2.40. The summed E-state index contributed by atoms with van der Waals surface area (Å²) in [4.78, 5) is 27.0. The second-order valence-corrected chi connectivity index (χ2v) is 5.31. The zero-order chi connectivity index (χ0) is 14.7. The molecule has 1 aromatic rings. The molecule has 0 atom stereocenters. The third kappa shape index (κ3) is 3.28. The highest BCUT2D eigenvalue weighted by atomic mass is 35.5. The van der Waals surface area contributed by atoms with E-state index in [2.05, 4.69) is 0 Å². The lowest BCUT2D eigenvalue weighted by Gasteiger charge is -2.21. The molecule has 2 amide bonds. The van der Waals surface area contributed by atoms with Crippen LogP contribution in [0.5, 0.6) is 0 Å². The van der Waals surface area contributed by atoms with Crippen molar-refractivity contribution in [2.45, 2.75) is 12.8 Å². The van der Waals surface area contributed by atoms with Crippen LogP contribution in [0.25, 0.3) is 0 Å². The number of carbonyl (C=O) groups excluding carboxylic acids is 2. The van der Waals surface area contributed by atoms with E-state index in [1.54, 1.807) is 4.90 Å². The van der Waals surface area contributed by atoms with Crippen LogP contribution in [0.3, 0.4) is 0 Å². The molecule has 0 saturated carbocycles. The highest BCUT2D eigenvalue weighted by Crippen LogP contribution is 2.16. The molecule has 0 aromatic heterocycles. The Morgan fingerprint density at radius 2 is 2.00 bits per heavy atom. The highest BCUT2D eigenvalue weighted by molar-refractivity contribution is 6.31. The predicted octanol–water partition coefficient (Wildman–Crippen LogP) is 2.17. The van der Waals surface area contributed by atoms with Crippen LogP contribution in [0.4, 0.5) is 4.39 Å². The van der Waals surface area contributed by atoms with Gasteiger partial charge in [0.05, 0.1) is 12.1 Å². The fourth-order valence-corrected chi connectivity index (χ4v) is 2.38. The van der Waals surface area contributed by atoms with Crippen molar-refractivity contribution in [3.8, 4) is 0 Å². The van der Waals surface area contributed by atoms with Gasteiger partial charge in [-0.1, -0.05) is 11.6 Å². The first-order valence-electron chi connectivity index (χ1n) is 6.47. The summed E-state index contributed by atoms with van der Waals surface area (Å²) in [7, 11) is 1.48. The molecule has 1 aliphatic heterocycles. The standard InChI is InChI=1S/C14H16ClFN2O2/c1-17(9-13(19)18-6-2-3-7-18)14(20)11-8-10(15)4-5-12(11)16/h4-5,8H,2-3,6-7,9H2,1H3. The van der Waals surface area contributed by atoms with Gasteiger partial charge in [-0.2, -0.15) is 0 Å². The van der Waals surface area contributed by atoms with E-state index < -0.39 is 11.7 Å². The number of carbonyl (C=O) groups is 2. The van der Waals surface area contributed by atoms with Crippen LogP contribution in [0.1, 0.15) is 23.2 Å². The molecule has 20 heavy (non-hydrogen) atoms. The number of halogens is 2. The maximum atomic E-state index is 13.6. The molecule has 0 spiro atoms. The molecule has 2 rings (SSSR count). The first-order chi connectivity index (χ1) is 9.49. The second-order valence-electron chi connectivity index (χ2n) is 4.87. The molecular weight excluding hydrogens is 283 g/mol. The number of likely N-dealkylation sites (tertiary alicyclic amines) is 1. The molecule has 0 bridgehead atoms. The molecule has 1 fully saturated rings. The highest BCUT2D eigenvalue weighted by Gasteiger charge is 2.23. The van der Waals surface area contributed by atoms with Crippen molar-refractivity contribution in [3.63, 3.8) is 0 Å². The molecule has 1 heterocycles. The molecule has 1 aromatic carbocycles. The molecule has 6 heteroatoms. The maximum absolute atomic E-state index is 13.6. The molecule has 0 radical (unpaired) electrons. The van der Waals surface area contributed by atoms with Gasteiger partial charge in [0.15, 0.2) is 0 Å². The van der Waals surface area contributed by atoms with Crippen LogP contribution in [0, 0.1) is 5.82 Å². The summed E-state index contributed by atoms with van der Waals surface area (Å²) in [5.74, 6) is -1.29. The van der Waals surface area contributed by atoms with Gasteiger partial charge in [0, 0.05) is 25.2 Å². The van der Waals surface area contributed by atoms with Gasteiger partial charge in [-0.05, 0) is 31.0 Å². The van der Waals surface area contributed by atoms with Crippen LogP contribution in [-0.2, 0) is 4.79 Å². The summed E-state index contributed by atoms with van der Waals surface area (Å²) < 4.78 is 13.6. The summed E-state index contributed by atoms with van der Waals surface area (Å²) in [5, 5.41) is 0.286. The van der Waals surface area contributed by atoms with Gasteiger partial charge in [-0.15, -0.1) is 0 Å². The van der Waals surface area contributed by atoms with E-state index in [4.69, 9.17) is 11.6 Å². The van der Waals surface area contributed by atoms with Crippen molar-refractivity contribution >= 4 is 23.4 Å². The number of rotatable bonds is 3. The Morgan fingerprint density at radius 3 is 2.65 bits per heavy atom. The first kappa shape index (κ1) is 14.8. The monoisotopic (exact) mass is 298 g/mol. The Bertz CT molecular complexity index is 530. The van der Waals surface area contributed by atoms with E-state index in [1.165, 1.54) is 24.1 Å². The van der Waals surface area contributed by atoms with Crippen LogP contribution in [0.2, 0.25) is 5.02 Å². The van der Waals surface area contributed by atoms with Crippen LogP contribution < -0.4 is 0 Å². The van der Waals surface area contributed by atoms with E-state index in [0.717, 1.165) is 32.0 Å². The molecule has 1 saturated heterocycles. The van der Waals surface area contributed by atoms with Crippen molar-refractivity contribution < 1.29 is 14.0 Å². The summed E-state index contributed by atoms with van der Waals surface area (Å²) in [5.41, 5.74) is -0.116. The van der Waals surface area contributed by atoms with Crippen LogP contribution >= 0.6 is 11.6 Å². The molecule has 0 unspecified atom stereocenters. The van der Waals surface area contributed by atoms with Crippen LogP contribution in [-0.4, -0.2) is 48.3 Å². The second kappa shape index (κ2) is 6.22. The first-order valence-corrected chi connectivity index (χ1v) is 6.85. The Labute approximate surface area is 122 Å². The predicted molar refractivity (Wildman–Crippen MR) is 74.2 cm³/mol. The van der Waals surface area contributed by atoms with Crippen molar-refractivity contribution in [2.24, 2.45) is 0 Å². The topological polar surface area (TPSA) is 40.6 Å². The number of hydrogen-bond donors (Lipinski definition) is 0. The summed E-state index contributed by atoms with van der Waals surface area (Å²) in [6.07, 6.45) is 1.98. The van der Waals surface area contributed by atoms with Crippen molar-refractivity contribution in [1.29, 1.82) is 0 Å².